The zero-order valence-electron chi connectivity index (χ0n) is 15.0. The lowest BCUT2D eigenvalue weighted by Gasteiger charge is -2.59. The van der Waals surface area contributed by atoms with Crippen LogP contribution in [0.3, 0.4) is 0 Å². The van der Waals surface area contributed by atoms with E-state index in [0.717, 1.165) is 36.8 Å². The predicted octanol–water partition coefficient (Wildman–Crippen LogP) is 4.92. The summed E-state index contributed by atoms with van der Waals surface area (Å²) in [4.78, 5) is 9.85. The smallest absolute Gasteiger partial charge is 0.0621 e. The summed E-state index contributed by atoms with van der Waals surface area (Å²) < 4.78 is 0. The average Bonchev–Trinajstić information content (AvgIpc) is 2.87. The fraction of sp³-hybridized carbons (Fsp3) is 0.905. The second kappa shape index (κ2) is 4.92. The Kier molecular flexibility index (Phi) is 3.14. The largest absolute Gasteiger partial charge is 0.286 e. The van der Waals surface area contributed by atoms with Gasteiger partial charge in [0.1, 0.15) is 0 Å². The van der Waals surface area contributed by atoms with Crippen LogP contribution in [0.15, 0.2) is 9.98 Å². The average molecular weight is 313 g/mol. The lowest BCUT2D eigenvalue weighted by atomic mass is 9.45. The first-order valence-electron chi connectivity index (χ1n) is 10.2. The summed E-state index contributed by atoms with van der Waals surface area (Å²) in [6.07, 6.45) is 13.1. The highest BCUT2D eigenvalue weighted by molar-refractivity contribution is 6.46. The van der Waals surface area contributed by atoms with Crippen LogP contribution < -0.4 is 0 Å². The van der Waals surface area contributed by atoms with Crippen LogP contribution >= 0.6 is 0 Å². The Morgan fingerprint density at radius 1 is 0.870 bits per heavy atom. The molecule has 0 spiro atoms. The summed E-state index contributed by atoms with van der Waals surface area (Å²) >= 11 is 0. The molecule has 0 amide bonds. The van der Waals surface area contributed by atoms with Crippen molar-refractivity contribution in [3.63, 3.8) is 0 Å². The lowest BCUT2D eigenvalue weighted by molar-refractivity contribution is -0.0927. The number of aliphatic imine (C=N–C) groups is 2. The number of fused-ring (bicyclic) bond motifs is 7. The van der Waals surface area contributed by atoms with Gasteiger partial charge in [-0.15, -0.1) is 0 Å². The summed E-state index contributed by atoms with van der Waals surface area (Å²) in [5.41, 5.74) is 3.85. The van der Waals surface area contributed by atoms with Crippen molar-refractivity contribution in [2.24, 2.45) is 44.5 Å². The Labute approximate surface area is 141 Å². The fourth-order valence-electron chi connectivity index (χ4n) is 7.68. The van der Waals surface area contributed by atoms with Gasteiger partial charge in [0.25, 0.3) is 0 Å². The molecule has 0 aromatic heterocycles. The molecule has 1 heterocycles. The lowest BCUT2D eigenvalue weighted by Crippen LogP contribution is -2.52. The van der Waals surface area contributed by atoms with E-state index < -0.39 is 0 Å². The molecule has 6 atom stereocenters. The first-order chi connectivity index (χ1) is 11.1. The van der Waals surface area contributed by atoms with E-state index >= 15 is 0 Å². The Morgan fingerprint density at radius 2 is 1.74 bits per heavy atom. The van der Waals surface area contributed by atoms with Crippen LogP contribution in [-0.2, 0) is 0 Å². The molecule has 4 saturated carbocycles. The second-order valence-corrected chi connectivity index (χ2v) is 9.62. The fourth-order valence-corrected chi connectivity index (χ4v) is 7.68. The molecule has 4 fully saturated rings. The first-order valence-corrected chi connectivity index (χ1v) is 10.2. The van der Waals surface area contributed by atoms with Crippen LogP contribution in [0.4, 0.5) is 0 Å². The normalized spacial score (nSPS) is 51.7. The van der Waals surface area contributed by atoms with Gasteiger partial charge in [-0.05, 0) is 74.0 Å². The van der Waals surface area contributed by atoms with Crippen molar-refractivity contribution in [1.82, 2.24) is 0 Å². The summed E-state index contributed by atoms with van der Waals surface area (Å²) in [6, 6.07) is 0. The minimum atomic E-state index is 0.359. The van der Waals surface area contributed by atoms with E-state index in [9.17, 15) is 0 Å². The van der Waals surface area contributed by atoms with Gasteiger partial charge in [0, 0.05) is 5.41 Å². The van der Waals surface area contributed by atoms with Crippen LogP contribution in [0.5, 0.6) is 0 Å². The van der Waals surface area contributed by atoms with Crippen LogP contribution in [0.1, 0.15) is 71.6 Å². The maximum atomic E-state index is 4.97. The summed E-state index contributed by atoms with van der Waals surface area (Å²) in [6.45, 7) is 7.09. The van der Waals surface area contributed by atoms with Crippen molar-refractivity contribution in [3.8, 4) is 0 Å². The van der Waals surface area contributed by atoms with Gasteiger partial charge in [-0.25, -0.2) is 0 Å². The standard InChI is InChI=1S/C21H32N2/c1-20-9-4-3-5-14(20)6-7-15-16(20)8-10-21(2)17(15)13-18-19(21)23-12-11-22-18/h14-17H,3-13H2,1-2H3/t14-,15?,16?,17+,20+,21+/m1/s1. The third-order valence-electron chi connectivity index (χ3n) is 8.87. The van der Waals surface area contributed by atoms with E-state index in [1.807, 2.05) is 0 Å². The van der Waals surface area contributed by atoms with E-state index in [4.69, 9.17) is 9.98 Å². The van der Waals surface area contributed by atoms with Crippen molar-refractivity contribution in [2.75, 3.05) is 13.1 Å². The Balaban J connectivity index is 1.51. The molecule has 0 radical (unpaired) electrons. The van der Waals surface area contributed by atoms with Crippen molar-refractivity contribution in [1.29, 1.82) is 0 Å². The SMILES string of the molecule is C[C@]12CCC3C(CC[C@H]4CCCC[C@]34C)[C@@H]1CC1=NCCN=C12. The summed E-state index contributed by atoms with van der Waals surface area (Å²) in [5, 5.41) is 0. The number of hydrogen-bond donors (Lipinski definition) is 0. The van der Waals surface area contributed by atoms with Crippen molar-refractivity contribution < 1.29 is 0 Å². The zero-order chi connectivity index (χ0) is 15.7. The minimum absolute atomic E-state index is 0.359. The number of hydrogen-bond acceptors (Lipinski definition) is 2. The Morgan fingerprint density at radius 3 is 2.65 bits per heavy atom. The summed E-state index contributed by atoms with van der Waals surface area (Å²) in [7, 11) is 0. The molecule has 126 valence electrons. The van der Waals surface area contributed by atoms with E-state index in [-0.39, 0.29) is 0 Å². The third kappa shape index (κ3) is 1.87. The van der Waals surface area contributed by atoms with Gasteiger partial charge in [-0.3, -0.25) is 9.98 Å². The molecule has 0 saturated heterocycles. The highest BCUT2D eigenvalue weighted by atomic mass is 14.9. The highest BCUT2D eigenvalue weighted by Gasteiger charge is 2.60. The predicted molar refractivity (Wildman–Crippen MR) is 96.3 cm³/mol. The molecule has 2 heteroatoms. The maximum absolute atomic E-state index is 4.97. The molecule has 2 unspecified atom stereocenters. The molecule has 5 rings (SSSR count). The van der Waals surface area contributed by atoms with Gasteiger partial charge in [0.2, 0.25) is 0 Å². The molecule has 23 heavy (non-hydrogen) atoms. The van der Waals surface area contributed by atoms with E-state index in [1.165, 1.54) is 69.2 Å². The summed E-state index contributed by atoms with van der Waals surface area (Å²) in [5.74, 6) is 3.81. The van der Waals surface area contributed by atoms with Crippen molar-refractivity contribution in [2.45, 2.75) is 71.6 Å². The van der Waals surface area contributed by atoms with Gasteiger partial charge in [0.05, 0.1) is 24.5 Å². The number of rotatable bonds is 0. The van der Waals surface area contributed by atoms with Crippen LogP contribution in [0.2, 0.25) is 0 Å². The molecule has 0 N–H and O–H groups in total. The molecule has 1 aliphatic heterocycles. The molecular formula is C21H32N2. The highest BCUT2D eigenvalue weighted by Crippen LogP contribution is 2.65. The van der Waals surface area contributed by atoms with E-state index in [2.05, 4.69) is 13.8 Å². The van der Waals surface area contributed by atoms with Crippen LogP contribution in [0, 0.1) is 34.5 Å². The van der Waals surface area contributed by atoms with E-state index in [0.29, 0.717) is 10.8 Å². The van der Waals surface area contributed by atoms with Gasteiger partial charge in [0.15, 0.2) is 0 Å². The molecule has 4 aliphatic carbocycles. The van der Waals surface area contributed by atoms with Gasteiger partial charge in [-0.1, -0.05) is 26.7 Å². The van der Waals surface area contributed by atoms with Crippen LogP contribution in [0.25, 0.3) is 0 Å². The molecule has 0 aromatic rings. The minimum Gasteiger partial charge on any atom is -0.286 e. The topological polar surface area (TPSA) is 24.7 Å². The van der Waals surface area contributed by atoms with Crippen molar-refractivity contribution >= 4 is 11.4 Å². The molecule has 5 aliphatic rings. The third-order valence-corrected chi connectivity index (χ3v) is 8.87. The van der Waals surface area contributed by atoms with Crippen LogP contribution in [-0.4, -0.2) is 24.5 Å². The van der Waals surface area contributed by atoms with Gasteiger partial charge >= 0.3 is 0 Å². The molecule has 2 nitrogen and oxygen atoms in total. The Hall–Kier alpha value is -0.660. The van der Waals surface area contributed by atoms with Gasteiger partial charge in [-0.2, -0.15) is 0 Å². The first kappa shape index (κ1) is 14.7. The quantitative estimate of drug-likeness (QED) is 0.606. The molecular weight excluding hydrogens is 280 g/mol. The number of nitrogens with zero attached hydrogens (tertiary/aromatic N) is 2. The van der Waals surface area contributed by atoms with Gasteiger partial charge < -0.3 is 0 Å². The molecule has 0 bridgehead atoms. The molecule has 0 aromatic carbocycles. The Bertz CT molecular complexity index is 576. The monoisotopic (exact) mass is 312 g/mol. The zero-order valence-corrected chi connectivity index (χ0v) is 15.0. The van der Waals surface area contributed by atoms with Crippen molar-refractivity contribution in [3.05, 3.63) is 0 Å². The van der Waals surface area contributed by atoms with E-state index in [1.54, 1.807) is 0 Å². The second-order valence-electron chi connectivity index (χ2n) is 9.62. The maximum Gasteiger partial charge on any atom is 0.0621 e.